The van der Waals surface area contributed by atoms with E-state index in [0.717, 1.165) is 50.0 Å². The van der Waals surface area contributed by atoms with Crippen LogP contribution >= 0.6 is 11.8 Å². The fourth-order valence-electron chi connectivity index (χ4n) is 4.78. The van der Waals surface area contributed by atoms with E-state index in [4.69, 9.17) is 5.73 Å². The molecule has 0 aliphatic heterocycles. The third-order valence-electron chi connectivity index (χ3n) is 6.95. The Balaban J connectivity index is 1.34. The van der Waals surface area contributed by atoms with Gasteiger partial charge in [-0.2, -0.15) is 0 Å². The fourth-order valence-corrected chi connectivity index (χ4v) is 5.70. The maximum absolute atomic E-state index is 12.9. The molecule has 4 rings (SSSR count). The van der Waals surface area contributed by atoms with Gasteiger partial charge in [0.25, 0.3) is 0 Å². The second-order valence-electron chi connectivity index (χ2n) is 9.85. The van der Waals surface area contributed by atoms with E-state index in [1.165, 1.54) is 17.3 Å². The number of carbonyl (C=O) groups excluding carboxylic acids is 2. The number of thioether (sulfide) groups is 1. The van der Waals surface area contributed by atoms with E-state index in [2.05, 4.69) is 52.8 Å². The molecule has 7 nitrogen and oxygen atoms in total. The van der Waals surface area contributed by atoms with Gasteiger partial charge in [0.15, 0.2) is 5.16 Å². The summed E-state index contributed by atoms with van der Waals surface area (Å²) in [6.07, 6.45) is 17.3. The van der Waals surface area contributed by atoms with Crippen molar-refractivity contribution in [3.05, 3.63) is 66.0 Å². The van der Waals surface area contributed by atoms with Crippen molar-refractivity contribution in [1.82, 2.24) is 20.1 Å². The van der Waals surface area contributed by atoms with Crippen LogP contribution in [0.5, 0.6) is 0 Å². The molecule has 1 amide bonds. The van der Waals surface area contributed by atoms with Gasteiger partial charge in [0, 0.05) is 31.0 Å². The van der Waals surface area contributed by atoms with E-state index in [9.17, 15) is 9.59 Å². The Morgan fingerprint density at radius 2 is 2.00 bits per heavy atom. The summed E-state index contributed by atoms with van der Waals surface area (Å²) >= 11 is 1.44. The van der Waals surface area contributed by atoms with Crippen LogP contribution in [0.3, 0.4) is 0 Å². The first-order chi connectivity index (χ1) is 18.0. The zero-order valence-electron chi connectivity index (χ0n) is 21.6. The van der Waals surface area contributed by atoms with E-state index in [-0.39, 0.29) is 17.6 Å². The molecule has 0 saturated carbocycles. The Morgan fingerprint density at radius 1 is 1.14 bits per heavy atom. The number of aryl methyl sites for hydroxylation is 1. The molecule has 2 aromatic rings. The summed E-state index contributed by atoms with van der Waals surface area (Å²) in [5, 5.41) is 12.6. The van der Waals surface area contributed by atoms with Crippen molar-refractivity contribution < 1.29 is 9.59 Å². The number of hydrogen-bond donors (Lipinski definition) is 2. The topological polar surface area (TPSA) is 103 Å². The van der Waals surface area contributed by atoms with Crippen LogP contribution < -0.4 is 11.1 Å². The first-order valence-electron chi connectivity index (χ1n) is 13.2. The maximum atomic E-state index is 12.9. The number of unbranched alkanes of at least 4 members (excludes halogenated alkanes) is 1. The summed E-state index contributed by atoms with van der Waals surface area (Å²) in [5.74, 6) is 1.95. The predicted octanol–water partition coefficient (Wildman–Crippen LogP) is 5.22. The molecule has 196 valence electrons. The number of rotatable bonds is 12. The Morgan fingerprint density at radius 3 is 2.78 bits per heavy atom. The number of allylic oxidation sites excluding steroid dienone is 4. The Bertz CT molecular complexity index is 1180. The van der Waals surface area contributed by atoms with Crippen molar-refractivity contribution in [3.8, 4) is 5.69 Å². The minimum absolute atomic E-state index is 0.0669. The Hall–Kier alpha value is -3.13. The molecule has 0 bridgehead atoms. The van der Waals surface area contributed by atoms with E-state index >= 15 is 0 Å². The van der Waals surface area contributed by atoms with Crippen LogP contribution in [0.4, 0.5) is 5.69 Å². The average Bonchev–Trinajstić information content (AvgIpc) is 3.32. The van der Waals surface area contributed by atoms with Gasteiger partial charge in [-0.1, -0.05) is 55.1 Å². The molecule has 3 N–H and O–H groups in total. The number of amides is 1. The zero-order valence-corrected chi connectivity index (χ0v) is 22.4. The summed E-state index contributed by atoms with van der Waals surface area (Å²) in [6, 6.07) is 7.63. The molecule has 1 aromatic carbocycles. The van der Waals surface area contributed by atoms with Gasteiger partial charge in [-0.05, 0) is 68.2 Å². The van der Waals surface area contributed by atoms with Gasteiger partial charge in [0.2, 0.25) is 5.91 Å². The van der Waals surface area contributed by atoms with Crippen molar-refractivity contribution >= 4 is 29.1 Å². The van der Waals surface area contributed by atoms with Gasteiger partial charge in [-0.25, -0.2) is 0 Å². The number of ketones is 1. The molecule has 8 heteroatoms. The van der Waals surface area contributed by atoms with Crippen molar-refractivity contribution in [3.63, 3.8) is 0 Å². The normalized spacial score (nSPS) is 19.0. The van der Waals surface area contributed by atoms with Crippen LogP contribution in [0, 0.1) is 11.8 Å². The van der Waals surface area contributed by atoms with Gasteiger partial charge in [0.05, 0.1) is 11.4 Å². The monoisotopic (exact) mass is 519 g/mol. The molecule has 0 spiro atoms. The number of nitrogens with two attached hydrogens (primary N) is 1. The van der Waals surface area contributed by atoms with Crippen LogP contribution in [-0.2, 0) is 16.0 Å². The summed E-state index contributed by atoms with van der Waals surface area (Å²) in [5.41, 5.74) is 8.78. The summed E-state index contributed by atoms with van der Waals surface area (Å²) in [7, 11) is 0. The van der Waals surface area contributed by atoms with E-state index in [0.29, 0.717) is 41.9 Å². The molecular weight excluding hydrogens is 482 g/mol. The third kappa shape index (κ3) is 7.68. The first kappa shape index (κ1) is 26.9. The number of nitrogens with one attached hydrogen (secondary N) is 1. The highest BCUT2D eigenvalue weighted by Gasteiger charge is 2.26. The number of nitrogens with zero attached hydrogens (tertiary/aromatic N) is 3. The molecular formula is C29H37N5O2S. The number of Topliss-reactive ketones (excluding diaryl/α,β-unsaturated/α-hetero) is 1. The SMILES string of the molecule is C[C@@H]1CC=CCC1C(=O)CSc1nnc(CCCCC(=O)NCC2=CCCC=C2)n1-c1cccc(N)c1. The molecule has 0 fully saturated rings. The molecule has 1 aromatic heterocycles. The van der Waals surface area contributed by atoms with Crippen LogP contribution in [0.1, 0.15) is 57.7 Å². The van der Waals surface area contributed by atoms with Gasteiger partial charge >= 0.3 is 0 Å². The van der Waals surface area contributed by atoms with Gasteiger partial charge in [-0.15, -0.1) is 10.2 Å². The molecule has 1 heterocycles. The van der Waals surface area contributed by atoms with E-state index in [1.807, 2.05) is 28.8 Å². The summed E-state index contributed by atoms with van der Waals surface area (Å²) in [6.45, 7) is 2.74. The number of aromatic nitrogens is 3. The third-order valence-corrected chi connectivity index (χ3v) is 7.90. The van der Waals surface area contributed by atoms with Crippen molar-refractivity contribution in [1.29, 1.82) is 0 Å². The predicted molar refractivity (Wildman–Crippen MR) is 150 cm³/mol. The second-order valence-corrected chi connectivity index (χ2v) is 10.8. The highest BCUT2D eigenvalue weighted by atomic mass is 32.2. The lowest BCUT2D eigenvalue weighted by atomic mass is 9.82. The first-order valence-corrected chi connectivity index (χ1v) is 14.2. The minimum Gasteiger partial charge on any atom is -0.399 e. The Kier molecular flexibility index (Phi) is 9.77. The standard InChI is InChI=1S/C29H37N5O2S/c1-21-10-5-6-15-25(21)26(35)20-37-29-33-32-27(34(29)24-14-9-13-23(30)18-24)16-7-8-17-28(36)31-19-22-11-3-2-4-12-22/h3,5-6,9,11-14,18,21,25H,2,4,7-8,10,15-17,19-20,30H2,1H3,(H,31,36)/t21-,25?/m1/s1. The zero-order chi connectivity index (χ0) is 26.0. The molecule has 2 aliphatic rings. The molecule has 0 radical (unpaired) electrons. The highest BCUT2D eigenvalue weighted by molar-refractivity contribution is 7.99. The number of nitrogen functional groups attached to an aromatic ring is 1. The second kappa shape index (κ2) is 13.4. The molecule has 1 unspecified atom stereocenters. The maximum Gasteiger partial charge on any atom is 0.220 e. The lowest BCUT2D eigenvalue weighted by molar-refractivity contribution is -0.122. The average molecular weight is 520 g/mol. The Labute approximate surface area is 223 Å². The largest absolute Gasteiger partial charge is 0.399 e. The van der Waals surface area contributed by atoms with Crippen molar-refractivity contribution in [2.24, 2.45) is 11.8 Å². The van der Waals surface area contributed by atoms with Crippen LogP contribution in [0.25, 0.3) is 5.69 Å². The smallest absolute Gasteiger partial charge is 0.220 e. The van der Waals surface area contributed by atoms with Gasteiger partial charge in [0.1, 0.15) is 11.6 Å². The minimum atomic E-state index is 0.0669. The van der Waals surface area contributed by atoms with Crippen LogP contribution in [0.2, 0.25) is 0 Å². The molecule has 2 aliphatic carbocycles. The van der Waals surface area contributed by atoms with E-state index in [1.54, 1.807) is 0 Å². The summed E-state index contributed by atoms with van der Waals surface area (Å²) < 4.78 is 2.00. The molecule has 37 heavy (non-hydrogen) atoms. The van der Waals surface area contributed by atoms with Crippen molar-refractivity contribution in [2.75, 3.05) is 18.0 Å². The molecule has 0 saturated heterocycles. The number of anilines is 1. The van der Waals surface area contributed by atoms with Gasteiger partial charge < -0.3 is 11.1 Å². The summed E-state index contributed by atoms with van der Waals surface area (Å²) in [4.78, 5) is 25.2. The number of hydrogen-bond acceptors (Lipinski definition) is 6. The lowest BCUT2D eigenvalue weighted by Gasteiger charge is -2.23. The lowest BCUT2D eigenvalue weighted by Crippen LogP contribution is -2.25. The quantitative estimate of drug-likeness (QED) is 0.173. The van der Waals surface area contributed by atoms with Gasteiger partial charge in [-0.3, -0.25) is 14.2 Å². The fraction of sp³-hybridized carbons (Fsp3) is 0.448. The van der Waals surface area contributed by atoms with Crippen LogP contribution in [0.15, 0.2) is 65.4 Å². The highest BCUT2D eigenvalue weighted by Crippen LogP contribution is 2.29. The number of benzene rings is 1. The number of carbonyl (C=O) groups is 2. The van der Waals surface area contributed by atoms with E-state index < -0.39 is 0 Å². The molecule has 2 atom stereocenters. The van der Waals surface area contributed by atoms with Crippen LogP contribution in [-0.4, -0.2) is 38.8 Å². The van der Waals surface area contributed by atoms with Crippen molar-refractivity contribution in [2.45, 2.75) is 63.4 Å².